The first kappa shape index (κ1) is 35.2. The molecule has 0 unspecified atom stereocenters. The zero-order valence-electron chi connectivity index (χ0n) is 29.5. The Kier molecular flexibility index (Phi) is 9.34. The lowest BCUT2D eigenvalue weighted by Crippen LogP contribution is -2.50. The van der Waals surface area contributed by atoms with Crippen LogP contribution in [-0.2, 0) is 26.1 Å². The molecule has 4 heterocycles. The van der Waals surface area contributed by atoms with Crippen molar-refractivity contribution in [2.24, 2.45) is 5.92 Å². The molecule has 3 aliphatic rings. The molecule has 50 heavy (non-hydrogen) atoms. The summed E-state index contributed by atoms with van der Waals surface area (Å²) >= 11 is 0. The van der Waals surface area contributed by atoms with Crippen molar-refractivity contribution in [1.82, 2.24) is 23.5 Å². The van der Waals surface area contributed by atoms with Crippen LogP contribution in [0.4, 0.5) is 10.5 Å². The highest BCUT2D eigenvalue weighted by molar-refractivity contribution is 7.89. The van der Waals surface area contributed by atoms with E-state index in [4.69, 9.17) is 14.5 Å². The van der Waals surface area contributed by atoms with E-state index in [2.05, 4.69) is 11.0 Å². The second kappa shape index (κ2) is 13.3. The van der Waals surface area contributed by atoms with Crippen LogP contribution < -0.4 is 9.64 Å². The van der Waals surface area contributed by atoms with Crippen LogP contribution >= 0.6 is 0 Å². The second-order valence-electron chi connectivity index (χ2n) is 14.5. The molecule has 0 spiro atoms. The predicted molar refractivity (Wildman–Crippen MR) is 188 cm³/mol. The predicted octanol–water partition coefficient (Wildman–Crippen LogP) is 4.53. The van der Waals surface area contributed by atoms with Crippen molar-refractivity contribution in [3.63, 3.8) is 0 Å². The number of hydrogen-bond acceptors (Lipinski definition) is 9. The van der Waals surface area contributed by atoms with Gasteiger partial charge >= 0.3 is 6.09 Å². The van der Waals surface area contributed by atoms with Gasteiger partial charge in [-0.25, -0.2) is 18.2 Å². The van der Waals surface area contributed by atoms with Crippen LogP contribution in [0.15, 0.2) is 53.7 Å². The normalized spacial score (nSPS) is 17.7. The van der Waals surface area contributed by atoms with Gasteiger partial charge in [0.25, 0.3) is 0 Å². The number of pyridine rings is 1. The number of carbonyl (C=O) groups is 2. The van der Waals surface area contributed by atoms with Crippen molar-refractivity contribution in [3.8, 4) is 11.8 Å². The van der Waals surface area contributed by atoms with Crippen molar-refractivity contribution in [3.05, 3.63) is 60.1 Å². The Balaban J connectivity index is 1.41. The summed E-state index contributed by atoms with van der Waals surface area (Å²) in [5.41, 5.74) is 1.56. The fourth-order valence-corrected chi connectivity index (χ4v) is 8.18. The molecule has 14 heteroatoms. The third-order valence-corrected chi connectivity index (χ3v) is 11.2. The molecule has 1 aliphatic carbocycles. The van der Waals surface area contributed by atoms with Gasteiger partial charge in [-0.1, -0.05) is 32.1 Å². The highest BCUT2D eigenvalue weighted by atomic mass is 32.2. The van der Waals surface area contributed by atoms with Gasteiger partial charge in [0.15, 0.2) is 5.65 Å². The molecule has 13 nitrogen and oxygen atoms in total. The van der Waals surface area contributed by atoms with Crippen LogP contribution in [0.2, 0.25) is 0 Å². The molecular formula is C36H45N7O6S. The monoisotopic (exact) mass is 703 g/mol. The largest absolute Gasteiger partial charge is 0.497 e. The molecule has 0 radical (unpaired) electrons. The molecule has 3 aromatic rings. The summed E-state index contributed by atoms with van der Waals surface area (Å²) in [7, 11) is -2.67. The summed E-state index contributed by atoms with van der Waals surface area (Å²) in [6.07, 6.45) is 5.63. The summed E-state index contributed by atoms with van der Waals surface area (Å²) in [4.78, 5) is 35.9. The average molecular weight is 704 g/mol. The standard InChI is InChI=1S/C36H45N7O6S/c1-25(2)33(44)40-17-15-39(16-18-40)30-19-29(50(46,47)43(36(24-37)12-13-36)21-26-7-9-28(48-6)10-8-26)23-42-31(20-38-32(30)42)27-11-14-41(22-27)34(45)49-35(3,4)5/h7-11,19-20,23,25H,12-18,21-22H2,1-6H3. The zero-order valence-corrected chi connectivity index (χ0v) is 30.4. The molecule has 0 atom stereocenters. The Morgan fingerprint density at radius 1 is 1.08 bits per heavy atom. The molecule has 6 rings (SSSR count). The van der Waals surface area contributed by atoms with Crippen LogP contribution in [0.25, 0.3) is 11.2 Å². The van der Waals surface area contributed by atoms with E-state index in [-0.39, 0.29) is 29.8 Å². The number of amides is 2. The SMILES string of the molecule is COc1ccc(CN(C2(C#N)CC2)S(=O)(=O)c2cc(N3CCN(C(=O)C(C)C)CC3)c3ncc(C4=CCN(C(=O)OC(C)(C)C)C4)n3c2)cc1. The summed E-state index contributed by atoms with van der Waals surface area (Å²) in [5, 5.41) is 10.2. The molecule has 0 bridgehead atoms. The first-order chi connectivity index (χ1) is 23.7. The van der Waals surface area contributed by atoms with Gasteiger partial charge in [0.05, 0.1) is 37.3 Å². The summed E-state index contributed by atoms with van der Waals surface area (Å²) in [6.45, 7) is 11.8. The Hall–Kier alpha value is -4.61. The number of sulfonamides is 1. The number of imidazole rings is 1. The second-order valence-corrected chi connectivity index (χ2v) is 16.3. The van der Waals surface area contributed by atoms with Gasteiger partial charge in [-0.15, -0.1) is 0 Å². The number of nitrogens with zero attached hydrogens (tertiary/aromatic N) is 7. The highest BCUT2D eigenvalue weighted by Gasteiger charge is 2.54. The number of rotatable bonds is 9. The van der Waals surface area contributed by atoms with Gasteiger partial charge in [-0.2, -0.15) is 9.57 Å². The number of ether oxygens (including phenoxy) is 2. The van der Waals surface area contributed by atoms with E-state index >= 15 is 0 Å². The van der Waals surface area contributed by atoms with Gasteiger partial charge in [-0.05, 0) is 62.9 Å². The first-order valence-corrected chi connectivity index (χ1v) is 18.4. The molecule has 2 fully saturated rings. The Morgan fingerprint density at radius 3 is 2.34 bits per heavy atom. The summed E-state index contributed by atoms with van der Waals surface area (Å²) < 4.78 is 43.6. The van der Waals surface area contributed by atoms with Gasteiger partial charge in [-0.3, -0.25) is 9.20 Å². The molecule has 2 amide bonds. The fourth-order valence-electron chi connectivity index (χ4n) is 6.42. The summed E-state index contributed by atoms with van der Waals surface area (Å²) in [6, 6.07) is 11.1. The number of piperazine rings is 1. The average Bonchev–Trinajstić information content (AvgIpc) is 3.49. The third kappa shape index (κ3) is 6.89. The van der Waals surface area contributed by atoms with Crippen LogP contribution in [0, 0.1) is 17.2 Å². The number of benzene rings is 1. The maximum atomic E-state index is 14.8. The number of aromatic nitrogens is 2. The first-order valence-electron chi connectivity index (χ1n) is 16.9. The van der Waals surface area contributed by atoms with Crippen LogP contribution in [0.1, 0.15) is 58.7 Å². The Bertz CT molecular complexity index is 1960. The maximum absolute atomic E-state index is 14.8. The molecule has 2 aromatic heterocycles. The lowest BCUT2D eigenvalue weighted by Gasteiger charge is -2.37. The quantitative estimate of drug-likeness (QED) is 0.315. The molecule has 1 saturated carbocycles. The minimum atomic E-state index is -4.24. The number of hydrogen-bond donors (Lipinski definition) is 0. The Labute approximate surface area is 293 Å². The van der Waals surface area contributed by atoms with Crippen LogP contribution in [-0.4, -0.2) is 101 Å². The molecule has 0 N–H and O–H groups in total. The lowest BCUT2D eigenvalue weighted by atomic mass is 10.1. The molecular weight excluding hydrogens is 659 g/mol. The van der Waals surface area contributed by atoms with E-state index in [9.17, 15) is 23.3 Å². The van der Waals surface area contributed by atoms with E-state index in [1.54, 1.807) is 59.1 Å². The number of nitriles is 1. The third-order valence-electron chi connectivity index (χ3n) is 9.37. The van der Waals surface area contributed by atoms with E-state index < -0.39 is 27.3 Å². The van der Waals surface area contributed by atoms with Crippen molar-refractivity contribution in [2.75, 3.05) is 51.3 Å². The highest BCUT2D eigenvalue weighted by Crippen LogP contribution is 2.45. The van der Waals surface area contributed by atoms with E-state index in [1.165, 1.54) is 4.31 Å². The van der Waals surface area contributed by atoms with Crippen molar-refractivity contribution < 1.29 is 27.5 Å². The van der Waals surface area contributed by atoms with Gasteiger partial charge in [0.2, 0.25) is 15.9 Å². The Morgan fingerprint density at radius 2 is 1.76 bits per heavy atom. The smallest absolute Gasteiger partial charge is 0.410 e. The van der Waals surface area contributed by atoms with E-state index in [0.29, 0.717) is 68.3 Å². The zero-order chi connectivity index (χ0) is 36.0. The lowest BCUT2D eigenvalue weighted by molar-refractivity contribution is -0.134. The van der Waals surface area contributed by atoms with Crippen LogP contribution in [0.5, 0.6) is 5.75 Å². The molecule has 266 valence electrons. The van der Waals surface area contributed by atoms with Crippen molar-refractivity contribution >= 4 is 38.9 Å². The number of carbonyl (C=O) groups excluding carboxylic acids is 2. The molecule has 1 saturated heterocycles. The van der Waals surface area contributed by atoms with Crippen molar-refractivity contribution in [2.45, 2.75) is 70.0 Å². The van der Waals surface area contributed by atoms with Gasteiger partial charge < -0.3 is 24.2 Å². The number of anilines is 1. The minimum absolute atomic E-state index is 0.00995. The number of fused-ring (bicyclic) bond motifs is 1. The van der Waals surface area contributed by atoms with Gasteiger partial charge in [0, 0.05) is 51.4 Å². The fraction of sp³-hybridized carbons (Fsp3) is 0.500. The topological polar surface area (TPSA) is 141 Å². The summed E-state index contributed by atoms with van der Waals surface area (Å²) in [5.74, 6) is 0.606. The van der Waals surface area contributed by atoms with Crippen LogP contribution in [0.3, 0.4) is 0 Å². The van der Waals surface area contributed by atoms with E-state index in [0.717, 1.165) is 11.1 Å². The maximum Gasteiger partial charge on any atom is 0.410 e. The minimum Gasteiger partial charge on any atom is -0.497 e. The molecule has 1 aromatic carbocycles. The number of methoxy groups -OCH3 is 1. The van der Waals surface area contributed by atoms with E-state index in [1.807, 2.05) is 45.6 Å². The molecule has 2 aliphatic heterocycles. The van der Waals surface area contributed by atoms with Gasteiger partial charge in [0.1, 0.15) is 21.8 Å². The van der Waals surface area contributed by atoms with Crippen molar-refractivity contribution in [1.29, 1.82) is 5.26 Å².